The van der Waals surface area contributed by atoms with Gasteiger partial charge in [0.15, 0.2) is 11.5 Å². The highest BCUT2D eigenvalue weighted by atomic mass is 35.5. The lowest BCUT2D eigenvalue weighted by atomic mass is 10.2. The van der Waals surface area contributed by atoms with Gasteiger partial charge in [0.25, 0.3) is 0 Å². The van der Waals surface area contributed by atoms with E-state index in [4.69, 9.17) is 26.9 Å². The zero-order valence-electron chi connectivity index (χ0n) is 8.68. The van der Waals surface area contributed by atoms with Crippen LogP contribution in [0.3, 0.4) is 0 Å². The Morgan fingerprint density at radius 3 is 2.53 bits per heavy atom. The molecule has 5 nitrogen and oxygen atoms in total. The number of oxazole rings is 1. The maximum atomic E-state index is 10.9. The molecular formula is C11H9ClN2O3. The smallest absolute Gasteiger partial charge is 0.358 e. The number of nitrogens with zero attached hydrogens (tertiary/aromatic N) is 1. The van der Waals surface area contributed by atoms with Crippen molar-refractivity contribution < 1.29 is 14.3 Å². The number of halogens is 1. The number of carboxylic acids is 1. The summed E-state index contributed by atoms with van der Waals surface area (Å²) < 4.78 is 5.29. The third-order valence-corrected chi connectivity index (χ3v) is 2.43. The standard InChI is InChI=1S/C11H9ClN2O3/c12-7-3-1-6(2-4-7)10-14-9(11(15)16)8(5-13)17-10/h1-4H,5,13H2,(H,15,16). The second kappa shape index (κ2) is 4.57. The summed E-state index contributed by atoms with van der Waals surface area (Å²) in [5.74, 6) is -0.781. The van der Waals surface area contributed by atoms with Crippen molar-refractivity contribution in [2.24, 2.45) is 5.73 Å². The normalized spacial score (nSPS) is 10.5. The number of carboxylic acid groups (broad SMARTS) is 1. The summed E-state index contributed by atoms with van der Waals surface area (Å²) in [7, 11) is 0. The van der Waals surface area contributed by atoms with Crippen LogP contribution < -0.4 is 5.73 Å². The van der Waals surface area contributed by atoms with Crippen LogP contribution in [0.1, 0.15) is 16.2 Å². The highest BCUT2D eigenvalue weighted by Crippen LogP contribution is 2.23. The molecule has 88 valence electrons. The number of rotatable bonds is 3. The van der Waals surface area contributed by atoms with Crippen molar-refractivity contribution in [3.05, 3.63) is 40.7 Å². The summed E-state index contributed by atoms with van der Waals surface area (Å²) in [6.45, 7) is -0.0117. The summed E-state index contributed by atoms with van der Waals surface area (Å²) >= 11 is 5.75. The van der Waals surface area contributed by atoms with E-state index in [9.17, 15) is 4.79 Å². The Balaban J connectivity index is 2.46. The minimum absolute atomic E-state index is 0.0117. The number of benzene rings is 1. The molecule has 3 N–H and O–H groups in total. The maximum Gasteiger partial charge on any atom is 0.358 e. The van der Waals surface area contributed by atoms with Crippen molar-refractivity contribution >= 4 is 17.6 Å². The van der Waals surface area contributed by atoms with Crippen LogP contribution in [-0.4, -0.2) is 16.1 Å². The van der Waals surface area contributed by atoms with Crippen LogP contribution in [0.2, 0.25) is 5.02 Å². The molecule has 0 amide bonds. The Morgan fingerprint density at radius 2 is 2.06 bits per heavy atom. The minimum atomic E-state index is -1.16. The van der Waals surface area contributed by atoms with Gasteiger partial charge in [-0.05, 0) is 24.3 Å². The van der Waals surface area contributed by atoms with Crippen LogP contribution in [0.5, 0.6) is 0 Å². The minimum Gasteiger partial charge on any atom is -0.476 e. The molecule has 1 heterocycles. The Hall–Kier alpha value is -1.85. The first-order valence-electron chi connectivity index (χ1n) is 4.81. The predicted molar refractivity (Wildman–Crippen MR) is 61.8 cm³/mol. The fraction of sp³-hybridized carbons (Fsp3) is 0.0909. The zero-order valence-corrected chi connectivity index (χ0v) is 9.44. The fourth-order valence-electron chi connectivity index (χ4n) is 1.37. The van der Waals surface area contributed by atoms with E-state index in [1.54, 1.807) is 24.3 Å². The highest BCUT2D eigenvalue weighted by molar-refractivity contribution is 6.30. The molecule has 0 aliphatic rings. The lowest BCUT2D eigenvalue weighted by Gasteiger charge is -1.94. The van der Waals surface area contributed by atoms with Crippen LogP contribution in [0.25, 0.3) is 11.5 Å². The molecule has 0 saturated heterocycles. The number of nitrogens with two attached hydrogens (primary N) is 1. The first-order chi connectivity index (χ1) is 8.11. The van der Waals surface area contributed by atoms with Gasteiger partial charge in [-0.1, -0.05) is 11.6 Å². The average molecular weight is 253 g/mol. The molecule has 17 heavy (non-hydrogen) atoms. The van der Waals surface area contributed by atoms with Crippen LogP contribution in [0.15, 0.2) is 28.7 Å². The molecule has 0 bridgehead atoms. The molecule has 6 heteroatoms. The molecule has 1 aromatic carbocycles. The predicted octanol–water partition coefficient (Wildman–Crippen LogP) is 2.15. The lowest BCUT2D eigenvalue weighted by Crippen LogP contribution is -2.04. The molecule has 0 radical (unpaired) electrons. The number of aromatic carboxylic acids is 1. The van der Waals surface area contributed by atoms with Gasteiger partial charge in [-0.15, -0.1) is 0 Å². The van der Waals surface area contributed by atoms with Gasteiger partial charge < -0.3 is 15.3 Å². The molecule has 0 spiro atoms. The Labute approximate surface area is 102 Å². The SMILES string of the molecule is NCc1oc(-c2ccc(Cl)cc2)nc1C(=O)O. The van der Waals surface area contributed by atoms with Crippen molar-refractivity contribution in [1.82, 2.24) is 4.98 Å². The van der Waals surface area contributed by atoms with Gasteiger partial charge in [-0.2, -0.15) is 0 Å². The van der Waals surface area contributed by atoms with E-state index >= 15 is 0 Å². The van der Waals surface area contributed by atoms with Gasteiger partial charge in [-0.3, -0.25) is 0 Å². The second-order valence-electron chi connectivity index (χ2n) is 3.31. The van der Waals surface area contributed by atoms with E-state index in [1.165, 1.54) is 0 Å². The number of aromatic nitrogens is 1. The Kier molecular flexibility index (Phi) is 3.12. The van der Waals surface area contributed by atoms with Gasteiger partial charge >= 0.3 is 5.97 Å². The first-order valence-corrected chi connectivity index (χ1v) is 5.18. The Bertz CT molecular complexity index is 548. The zero-order chi connectivity index (χ0) is 12.4. The molecule has 0 unspecified atom stereocenters. The van der Waals surface area contributed by atoms with Gasteiger partial charge in [0.05, 0.1) is 6.54 Å². The summed E-state index contributed by atoms with van der Waals surface area (Å²) in [6, 6.07) is 6.73. The molecule has 2 aromatic rings. The molecule has 0 saturated carbocycles. The van der Waals surface area contributed by atoms with E-state index in [0.717, 1.165) is 0 Å². The van der Waals surface area contributed by atoms with E-state index in [2.05, 4.69) is 4.98 Å². The quantitative estimate of drug-likeness (QED) is 0.874. The van der Waals surface area contributed by atoms with Crippen molar-refractivity contribution in [3.63, 3.8) is 0 Å². The van der Waals surface area contributed by atoms with Crippen molar-refractivity contribution in [1.29, 1.82) is 0 Å². The number of hydrogen-bond donors (Lipinski definition) is 2. The van der Waals surface area contributed by atoms with Crippen LogP contribution in [0.4, 0.5) is 0 Å². The molecule has 2 rings (SSSR count). The van der Waals surface area contributed by atoms with Gasteiger partial charge in [-0.25, -0.2) is 9.78 Å². The Morgan fingerprint density at radius 1 is 1.41 bits per heavy atom. The van der Waals surface area contributed by atoms with Gasteiger partial charge in [0, 0.05) is 10.6 Å². The number of carbonyl (C=O) groups is 1. The first kappa shape index (κ1) is 11.6. The van der Waals surface area contributed by atoms with Crippen molar-refractivity contribution in [2.75, 3.05) is 0 Å². The second-order valence-corrected chi connectivity index (χ2v) is 3.74. The molecule has 0 aliphatic carbocycles. The van der Waals surface area contributed by atoms with E-state index in [0.29, 0.717) is 10.6 Å². The van der Waals surface area contributed by atoms with E-state index < -0.39 is 5.97 Å². The molecular weight excluding hydrogens is 244 g/mol. The van der Waals surface area contributed by atoms with Gasteiger partial charge in [0.2, 0.25) is 5.89 Å². The maximum absolute atomic E-state index is 10.9. The largest absolute Gasteiger partial charge is 0.476 e. The summed E-state index contributed by atoms with van der Waals surface area (Å²) in [6.07, 6.45) is 0. The van der Waals surface area contributed by atoms with Crippen molar-refractivity contribution in [3.8, 4) is 11.5 Å². The third-order valence-electron chi connectivity index (χ3n) is 2.18. The van der Waals surface area contributed by atoms with Crippen LogP contribution in [0, 0.1) is 0 Å². The fourth-order valence-corrected chi connectivity index (χ4v) is 1.50. The highest BCUT2D eigenvalue weighted by Gasteiger charge is 2.18. The summed E-state index contributed by atoms with van der Waals surface area (Å²) in [5, 5.41) is 9.48. The van der Waals surface area contributed by atoms with Crippen LogP contribution >= 0.6 is 11.6 Å². The molecule has 0 atom stereocenters. The van der Waals surface area contributed by atoms with E-state index in [-0.39, 0.29) is 23.9 Å². The molecule has 1 aromatic heterocycles. The average Bonchev–Trinajstić information content (AvgIpc) is 2.74. The topological polar surface area (TPSA) is 89.4 Å². The van der Waals surface area contributed by atoms with Crippen molar-refractivity contribution in [2.45, 2.75) is 6.54 Å². The summed E-state index contributed by atoms with van der Waals surface area (Å²) in [4.78, 5) is 14.8. The number of hydrogen-bond acceptors (Lipinski definition) is 4. The van der Waals surface area contributed by atoms with Crippen LogP contribution in [-0.2, 0) is 6.54 Å². The molecule has 0 fully saturated rings. The third kappa shape index (κ3) is 2.30. The van der Waals surface area contributed by atoms with E-state index in [1.807, 2.05) is 0 Å². The van der Waals surface area contributed by atoms with Gasteiger partial charge in [0.1, 0.15) is 0 Å². The monoisotopic (exact) mass is 252 g/mol. The summed E-state index contributed by atoms with van der Waals surface area (Å²) in [5.41, 5.74) is 5.88. The lowest BCUT2D eigenvalue weighted by molar-refractivity contribution is 0.0689. The molecule has 0 aliphatic heterocycles.